The van der Waals surface area contributed by atoms with Gasteiger partial charge in [-0.15, -0.1) is 16.4 Å². The van der Waals surface area contributed by atoms with Crippen LogP contribution in [0.25, 0.3) is 0 Å². The van der Waals surface area contributed by atoms with Crippen LogP contribution in [-0.4, -0.2) is 57.1 Å². The minimum Gasteiger partial charge on any atom is -0.379 e. The lowest BCUT2D eigenvalue weighted by Crippen LogP contribution is -2.37. The van der Waals surface area contributed by atoms with E-state index in [1.54, 1.807) is 7.11 Å². The summed E-state index contributed by atoms with van der Waals surface area (Å²) in [6.07, 6.45) is 5.05. The Bertz CT molecular complexity index is 876. The zero-order valence-electron chi connectivity index (χ0n) is 18.0. The summed E-state index contributed by atoms with van der Waals surface area (Å²) in [6.45, 7) is 9.88. The molecule has 0 unspecified atom stereocenters. The molecule has 3 heterocycles. The van der Waals surface area contributed by atoms with E-state index in [1.165, 1.54) is 11.3 Å². The fourth-order valence-electron chi connectivity index (χ4n) is 4.95. The van der Waals surface area contributed by atoms with E-state index >= 15 is 0 Å². The monoisotopic (exact) mass is 417 g/mol. The summed E-state index contributed by atoms with van der Waals surface area (Å²) < 4.78 is 7.86. The second-order valence-corrected chi connectivity index (χ2v) is 10.2. The fourth-order valence-corrected chi connectivity index (χ4v) is 5.84. The first kappa shape index (κ1) is 20.5. The predicted octanol–water partition coefficient (Wildman–Crippen LogP) is 3.29. The van der Waals surface area contributed by atoms with Crippen LogP contribution in [0, 0.1) is 31.6 Å². The lowest BCUT2D eigenvalue weighted by atomic mass is 9.77. The maximum atomic E-state index is 13.1. The van der Waals surface area contributed by atoms with Gasteiger partial charge in [-0.2, -0.15) is 0 Å². The minimum atomic E-state index is 0.104. The molecule has 0 radical (unpaired) electrons. The summed E-state index contributed by atoms with van der Waals surface area (Å²) in [7, 11) is 1.78. The van der Waals surface area contributed by atoms with Crippen molar-refractivity contribution in [2.24, 2.45) is 17.8 Å². The van der Waals surface area contributed by atoms with E-state index < -0.39 is 0 Å². The molecule has 1 aliphatic carbocycles. The Morgan fingerprint density at radius 3 is 2.62 bits per heavy atom. The quantitative estimate of drug-likeness (QED) is 0.746. The molecule has 2 aromatic rings. The smallest absolute Gasteiger partial charge is 0.265 e. The number of amides is 1. The Hall–Kier alpha value is -1.80. The first-order chi connectivity index (χ1) is 13.9. The molecule has 7 nitrogen and oxygen atoms in total. The molecule has 4 rings (SSSR count). The number of methoxy groups -OCH3 is 1. The summed E-state index contributed by atoms with van der Waals surface area (Å²) in [5, 5.41) is 9.74. The molecule has 1 amide bonds. The van der Waals surface area contributed by atoms with E-state index in [2.05, 4.69) is 35.3 Å². The maximum Gasteiger partial charge on any atom is 0.265 e. The van der Waals surface area contributed by atoms with E-state index in [0.717, 1.165) is 53.6 Å². The lowest BCUT2D eigenvalue weighted by Gasteiger charge is -2.36. The van der Waals surface area contributed by atoms with Crippen LogP contribution in [0.2, 0.25) is 0 Å². The summed E-state index contributed by atoms with van der Waals surface area (Å²) in [6, 6.07) is 0.178. The van der Waals surface area contributed by atoms with Gasteiger partial charge in [0, 0.05) is 26.4 Å². The Morgan fingerprint density at radius 2 is 2.00 bits per heavy atom. The van der Waals surface area contributed by atoms with Crippen LogP contribution in [0.15, 0.2) is 6.20 Å². The first-order valence-electron chi connectivity index (χ1n) is 10.5. The molecule has 4 atom stereocenters. The number of carbonyl (C=O) groups excluding carboxylic acids is 1. The van der Waals surface area contributed by atoms with Crippen molar-refractivity contribution in [3.05, 3.63) is 27.5 Å². The summed E-state index contributed by atoms with van der Waals surface area (Å²) in [5.74, 6) is 1.64. The van der Waals surface area contributed by atoms with Crippen molar-refractivity contribution < 1.29 is 9.53 Å². The Morgan fingerprint density at radius 1 is 1.28 bits per heavy atom. The number of nitrogens with zero attached hydrogens (tertiary/aromatic N) is 5. The lowest BCUT2D eigenvalue weighted by molar-refractivity contribution is -0.00546. The summed E-state index contributed by atoms with van der Waals surface area (Å²) in [5.41, 5.74) is 1.89. The third-order valence-corrected chi connectivity index (χ3v) is 7.35. The Kier molecular flexibility index (Phi) is 5.75. The highest BCUT2D eigenvalue weighted by atomic mass is 32.1. The van der Waals surface area contributed by atoms with Crippen molar-refractivity contribution in [1.82, 2.24) is 24.9 Å². The molecule has 0 N–H and O–H groups in total. The number of ether oxygens (including phenoxy) is 1. The van der Waals surface area contributed by atoms with Crippen LogP contribution < -0.4 is 0 Å². The molecular weight excluding hydrogens is 386 g/mol. The second-order valence-electron chi connectivity index (χ2n) is 8.98. The molecular formula is C21H31N5O2S. The molecule has 1 saturated heterocycles. The number of aryl methyl sites for hydroxylation is 2. The predicted molar refractivity (Wildman–Crippen MR) is 112 cm³/mol. The Balaban J connectivity index is 1.48. The van der Waals surface area contributed by atoms with Crippen molar-refractivity contribution in [1.29, 1.82) is 0 Å². The van der Waals surface area contributed by atoms with Crippen LogP contribution in [0.1, 0.15) is 58.8 Å². The molecule has 2 aliphatic rings. The third-order valence-electron chi connectivity index (χ3n) is 6.29. The van der Waals surface area contributed by atoms with Crippen molar-refractivity contribution in [2.75, 3.05) is 20.2 Å². The van der Waals surface area contributed by atoms with Crippen LogP contribution in [0.5, 0.6) is 0 Å². The van der Waals surface area contributed by atoms with Gasteiger partial charge in [-0.05, 0) is 50.9 Å². The largest absolute Gasteiger partial charge is 0.379 e. The zero-order valence-corrected chi connectivity index (χ0v) is 18.8. The molecule has 0 bridgehead atoms. The van der Waals surface area contributed by atoms with Gasteiger partial charge in [0.2, 0.25) is 0 Å². The SMILES string of the molecule is CO[C@@H]1C[C@H]2CN(C(=O)c3sc(C)nc3C)C[C@H]2C[C@H]1n1cc(CC(C)C)nn1. The molecule has 1 saturated carbocycles. The van der Waals surface area contributed by atoms with Gasteiger partial charge < -0.3 is 9.64 Å². The van der Waals surface area contributed by atoms with Crippen LogP contribution >= 0.6 is 11.3 Å². The number of hydrogen-bond donors (Lipinski definition) is 0. The summed E-state index contributed by atoms with van der Waals surface area (Å²) >= 11 is 1.50. The average molecular weight is 418 g/mol. The van der Waals surface area contributed by atoms with Crippen molar-refractivity contribution >= 4 is 17.2 Å². The highest BCUT2D eigenvalue weighted by Gasteiger charge is 2.45. The molecule has 1 aliphatic heterocycles. The molecule has 2 aromatic heterocycles. The van der Waals surface area contributed by atoms with Crippen LogP contribution in [-0.2, 0) is 11.2 Å². The van der Waals surface area contributed by atoms with E-state index in [4.69, 9.17) is 4.74 Å². The number of thiazole rings is 1. The molecule has 0 aromatic carbocycles. The van der Waals surface area contributed by atoms with Gasteiger partial charge in [-0.25, -0.2) is 9.67 Å². The molecule has 0 spiro atoms. The van der Waals surface area contributed by atoms with Gasteiger partial charge in [0.05, 0.1) is 28.5 Å². The minimum absolute atomic E-state index is 0.104. The second kappa shape index (κ2) is 8.14. The van der Waals surface area contributed by atoms with Crippen LogP contribution in [0.3, 0.4) is 0 Å². The molecule has 8 heteroatoms. The average Bonchev–Trinajstić information content (AvgIpc) is 3.37. The summed E-state index contributed by atoms with van der Waals surface area (Å²) in [4.78, 5) is 20.3. The van der Waals surface area contributed by atoms with Crippen molar-refractivity contribution in [2.45, 2.75) is 59.1 Å². The molecule has 29 heavy (non-hydrogen) atoms. The third kappa shape index (κ3) is 4.10. The van der Waals surface area contributed by atoms with Gasteiger partial charge in [0.15, 0.2) is 0 Å². The standard InChI is InChI=1S/C21H31N5O2S/c1-12(2)6-17-11-26(24-23-17)18-7-15-9-25(10-16(15)8-19(18)28-5)21(27)20-13(3)22-14(4)29-20/h11-12,15-16,18-19H,6-10H2,1-5H3/t15-,16+,18-,19-/m1/s1. The number of fused-ring (bicyclic) bond motifs is 1. The van der Waals surface area contributed by atoms with E-state index in [-0.39, 0.29) is 18.1 Å². The number of aromatic nitrogens is 4. The highest BCUT2D eigenvalue weighted by molar-refractivity contribution is 7.13. The normalized spacial score (nSPS) is 26.9. The Labute approximate surface area is 176 Å². The zero-order chi connectivity index (χ0) is 20.7. The van der Waals surface area contributed by atoms with Crippen LogP contribution in [0.4, 0.5) is 0 Å². The van der Waals surface area contributed by atoms with Gasteiger partial charge in [-0.1, -0.05) is 19.1 Å². The van der Waals surface area contributed by atoms with E-state index in [0.29, 0.717) is 17.8 Å². The maximum absolute atomic E-state index is 13.1. The molecule has 2 fully saturated rings. The number of hydrogen-bond acceptors (Lipinski definition) is 6. The van der Waals surface area contributed by atoms with Crippen molar-refractivity contribution in [3.63, 3.8) is 0 Å². The van der Waals surface area contributed by atoms with E-state index in [9.17, 15) is 4.79 Å². The first-order valence-corrected chi connectivity index (χ1v) is 11.3. The molecule has 158 valence electrons. The number of carbonyl (C=O) groups is 1. The number of likely N-dealkylation sites (tertiary alicyclic amines) is 1. The van der Waals surface area contributed by atoms with Gasteiger partial charge in [0.25, 0.3) is 5.91 Å². The van der Waals surface area contributed by atoms with E-state index in [1.807, 2.05) is 23.4 Å². The fraction of sp³-hybridized carbons (Fsp3) is 0.714. The van der Waals surface area contributed by atoms with Crippen molar-refractivity contribution in [3.8, 4) is 0 Å². The van der Waals surface area contributed by atoms with Gasteiger partial charge >= 0.3 is 0 Å². The van der Waals surface area contributed by atoms with Gasteiger partial charge in [0.1, 0.15) is 4.88 Å². The topological polar surface area (TPSA) is 73.1 Å². The highest BCUT2D eigenvalue weighted by Crippen LogP contribution is 2.42. The van der Waals surface area contributed by atoms with Gasteiger partial charge in [-0.3, -0.25) is 4.79 Å². The number of rotatable bonds is 5.